The van der Waals surface area contributed by atoms with Crippen LogP contribution in [-0.2, 0) is 0 Å². The van der Waals surface area contributed by atoms with E-state index in [-0.39, 0.29) is 11.9 Å². The first-order valence-electron chi connectivity index (χ1n) is 5.24. The fourth-order valence-corrected chi connectivity index (χ4v) is 2.20. The first kappa shape index (κ1) is 13.4. The van der Waals surface area contributed by atoms with E-state index < -0.39 is 0 Å². The molecular weight excluding hydrogens is 367 g/mol. The van der Waals surface area contributed by atoms with Crippen LogP contribution in [0.4, 0.5) is 0 Å². The third-order valence-electron chi connectivity index (χ3n) is 2.41. The molecule has 1 amide bonds. The van der Waals surface area contributed by atoms with Gasteiger partial charge in [0.25, 0.3) is 5.91 Å². The number of aromatic nitrogens is 1. The van der Waals surface area contributed by atoms with Gasteiger partial charge < -0.3 is 9.73 Å². The van der Waals surface area contributed by atoms with Crippen molar-refractivity contribution in [2.75, 3.05) is 0 Å². The molecule has 0 saturated carbocycles. The van der Waals surface area contributed by atoms with Gasteiger partial charge >= 0.3 is 0 Å². The number of rotatable bonds is 3. The summed E-state index contributed by atoms with van der Waals surface area (Å²) < 4.78 is 5.87. The van der Waals surface area contributed by atoms with E-state index in [4.69, 9.17) is 16.0 Å². The molecule has 6 heteroatoms. The van der Waals surface area contributed by atoms with Gasteiger partial charge in [-0.3, -0.25) is 4.79 Å². The molecule has 0 spiro atoms. The van der Waals surface area contributed by atoms with Gasteiger partial charge in [-0.1, -0.05) is 11.6 Å². The Labute approximate surface area is 123 Å². The Morgan fingerprint density at radius 2 is 2.33 bits per heavy atom. The third-order valence-corrected chi connectivity index (χ3v) is 4.11. The lowest BCUT2D eigenvalue weighted by Crippen LogP contribution is -2.27. The molecule has 0 aliphatic rings. The summed E-state index contributed by atoms with van der Waals surface area (Å²) in [5.41, 5.74) is 0.508. The van der Waals surface area contributed by atoms with Crippen LogP contribution < -0.4 is 5.32 Å². The second kappa shape index (κ2) is 5.71. The first-order valence-corrected chi connectivity index (χ1v) is 6.69. The van der Waals surface area contributed by atoms with E-state index in [2.05, 4.69) is 10.3 Å². The molecule has 18 heavy (non-hydrogen) atoms. The van der Waals surface area contributed by atoms with Crippen molar-refractivity contribution in [3.63, 3.8) is 0 Å². The van der Waals surface area contributed by atoms with Gasteiger partial charge in [0.05, 0.1) is 21.4 Å². The van der Waals surface area contributed by atoms with E-state index in [1.807, 2.05) is 35.6 Å². The fraction of sp³-hybridized carbons (Fsp3) is 0.167. The number of halogens is 2. The average Bonchev–Trinajstić information content (AvgIpc) is 2.86. The van der Waals surface area contributed by atoms with Gasteiger partial charge in [-0.25, -0.2) is 4.98 Å². The van der Waals surface area contributed by atoms with E-state index in [1.165, 1.54) is 6.20 Å². The summed E-state index contributed by atoms with van der Waals surface area (Å²) in [5.74, 6) is 0.506. The van der Waals surface area contributed by atoms with Gasteiger partial charge in [0, 0.05) is 6.20 Å². The van der Waals surface area contributed by atoms with Crippen molar-refractivity contribution in [1.82, 2.24) is 10.3 Å². The molecule has 0 fully saturated rings. The summed E-state index contributed by atoms with van der Waals surface area (Å²) >= 11 is 7.88. The molecule has 0 bridgehead atoms. The largest absolute Gasteiger partial charge is 0.467 e. The molecule has 0 radical (unpaired) electrons. The van der Waals surface area contributed by atoms with Gasteiger partial charge in [0.15, 0.2) is 0 Å². The molecular formula is C12H10ClIN2O2. The van der Waals surface area contributed by atoms with Gasteiger partial charge in [0.1, 0.15) is 10.9 Å². The van der Waals surface area contributed by atoms with Crippen molar-refractivity contribution in [1.29, 1.82) is 0 Å². The van der Waals surface area contributed by atoms with Crippen LogP contribution in [-0.4, -0.2) is 10.9 Å². The predicted octanol–water partition coefficient (Wildman–Crippen LogP) is 3.42. The Morgan fingerprint density at radius 1 is 1.56 bits per heavy atom. The molecule has 2 aromatic rings. The molecule has 0 saturated heterocycles. The summed E-state index contributed by atoms with van der Waals surface area (Å²) in [5, 5.41) is 3.17. The van der Waals surface area contributed by atoms with Gasteiger partial charge in [-0.2, -0.15) is 0 Å². The summed E-state index contributed by atoms with van der Waals surface area (Å²) in [6.45, 7) is 1.85. The SMILES string of the molecule is C[C@H](NC(=O)c1ccnc(Cl)c1I)c1ccco1. The maximum absolute atomic E-state index is 12.1. The lowest BCUT2D eigenvalue weighted by atomic mass is 10.2. The summed E-state index contributed by atoms with van der Waals surface area (Å²) in [6.07, 6.45) is 3.09. The highest BCUT2D eigenvalue weighted by atomic mass is 127. The van der Waals surface area contributed by atoms with Crippen molar-refractivity contribution in [3.8, 4) is 0 Å². The third kappa shape index (κ3) is 2.84. The minimum Gasteiger partial charge on any atom is -0.467 e. The number of nitrogens with one attached hydrogen (secondary N) is 1. The molecule has 0 unspecified atom stereocenters. The van der Waals surface area contributed by atoms with Crippen LogP contribution in [0.3, 0.4) is 0 Å². The molecule has 0 aromatic carbocycles. The molecule has 1 atom stereocenters. The Balaban J connectivity index is 2.15. The van der Waals surface area contributed by atoms with Crippen LogP contribution in [0, 0.1) is 3.57 Å². The second-order valence-electron chi connectivity index (χ2n) is 3.67. The maximum Gasteiger partial charge on any atom is 0.253 e. The Kier molecular flexibility index (Phi) is 4.23. The van der Waals surface area contributed by atoms with Crippen molar-refractivity contribution >= 4 is 40.1 Å². The minimum absolute atomic E-state index is 0.199. The van der Waals surface area contributed by atoms with E-state index >= 15 is 0 Å². The topological polar surface area (TPSA) is 55.1 Å². The quantitative estimate of drug-likeness (QED) is 0.660. The number of amides is 1. The molecule has 0 aliphatic carbocycles. The Bertz CT molecular complexity index is 557. The molecule has 2 aromatic heterocycles. The van der Waals surface area contributed by atoms with E-state index in [9.17, 15) is 4.79 Å². The molecule has 2 heterocycles. The normalized spacial score (nSPS) is 12.2. The number of hydrogen-bond donors (Lipinski definition) is 1. The number of pyridine rings is 1. The van der Waals surface area contributed by atoms with Gasteiger partial charge in [-0.05, 0) is 47.7 Å². The maximum atomic E-state index is 12.1. The van der Waals surface area contributed by atoms with Crippen LogP contribution in [0.1, 0.15) is 29.1 Å². The number of hydrogen-bond acceptors (Lipinski definition) is 3. The van der Waals surface area contributed by atoms with Crippen molar-refractivity contribution in [2.45, 2.75) is 13.0 Å². The van der Waals surface area contributed by atoms with Gasteiger partial charge in [-0.15, -0.1) is 0 Å². The molecule has 2 rings (SSSR count). The monoisotopic (exact) mass is 376 g/mol. The van der Waals surface area contributed by atoms with E-state index in [0.29, 0.717) is 20.0 Å². The lowest BCUT2D eigenvalue weighted by molar-refractivity contribution is 0.0934. The first-order chi connectivity index (χ1) is 8.59. The smallest absolute Gasteiger partial charge is 0.253 e. The van der Waals surface area contributed by atoms with Crippen molar-refractivity contribution < 1.29 is 9.21 Å². The molecule has 94 valence electrons. The molecule has 1 N–H and O–H groups in total. The zero-order valence-corrected chi connectivity index (χ0v) is 12.4. The number of carbonyl (C=O) groups excluding carboxylic acids is 1. The number of furan rings is 1. The summed E-state index contributed by atoms with van der Waals surface area (Å²) in [4.78, 5) is 16.0. The zero-order chi connectivity index (χ0) is 13.1. The molecule has 0 aliphatic heterocycles. The van der Waals surface area contributed by atoms with Crippen molar-refractivity contribution in [2.24, 2.45) is 0 Å². The standard InChI is InChI=1S/C12H10ClIN2O2/c1-7(9-3-2-6-18-9)16-12(17)8-4-5-15-11(13)10(8)14/h2-7H,1H3,(H,16,17)/t7-/m0/s1. The van der Waals surface area contributed by atoms with Gasteiger partial charge in [0.2, 0.25) is 0 Å². The highest BCUT2D eigenvalue weighted by Crippen LogP contribution is 2.20. The highest BCUT2D eigenvalue weighted by molar-refractivity contribution is 14.1. The van der Waals surface area contributed by atoms with Crippen LogP contribution >= 0.6 is 34.2 Å². The minimum atomic E-state index is -0.201. The highest BCUT2D eigenvalue weighted by Gasteiger charge is 2.16. The average molecular weight is 377 g/mol. The van der Waals surface area contributed by atoms with Crippen LogP contribution in [0.25, 0.3) is 0 Å². The fourth-order valence-electron chi connectivity index (χ4n) is 1.48. The Morgan fingerprint density at radius 3 is 3.00 bits per heavy atom. The lowest BCUT2D eigenvalue weighted by Gasteiger charge is -2.12. The summed E-state index contributed by atoms with van der Waals surface area (Å²) in [7, 11) is 0. The van der Waals surface area contributed by atoms with Crippen molar-refractivity contribution in [3.05, 3.63) is 50.7 Å². The summed E-state index contributed by atoms with van der Waals surface area (Å²) in [6, 6.07) is 5.04. The van der Waals surface area contributed by atoms with Crippen LogP contribution in [0.5, 0.6) is 0 Å². The van der Waals surface area contributed by atoms with E-state index in [1.54, 1.807) is 18.4 Å². The van der Waals surface area contributed by atoms with Crippen LogP contribution in [0.15, 0.2) is 35.1 Å². The second-order valence-corrected chi connectivity index (χ2v) is 5.11. The van der Waals surface area contributed by atoms with Crippen LogP contribution in [0.2, 0.25) is 5.15 Å². The van der Waals surface area contributed by atoms with E-state index in [0.717, 1.165) is 0 Å². The number of carbonyl (C=O) groups is 1. The number of nitrogens with zero attached hydrogens (tertiary/aromatic N) is 1. The predicted molar refractivity (Wildman–Crippen MR) is 76.6 cm³/mol. The zero-order valence-electron chi connectivity index (χ0n) is 9.48. The Hall–Kier alpha value is -1.08. The molecule has 4 nitrogen and oxygen atoms in total.